The molecule has 2 atom stereocenters. The Balaban J connectivity index is 1.72. The molecular formula is C29H29ClN2O2. The van der Waals surface area contributed by atoms with Gasteiger partial charge in [0.25, 0.3) is 5.91 Å². The van der Waals surface area contributed by atoms with E-state index in [9.17, 15) is 9.59 Å². The summed E-state index contributed by atoms with van der Waals surface area (Å²) in [6, 6.07) is 27.0. The molecule has 0 spiro atoms. The fourth-order valence-electron chi connectivity index (χ4n) is 5.70. The summed E-state index contributed by atoms with van der Waals surface area (Å²) in [7, 11) is 0. The maximum absolute atomic E-state index is 14.5. The van der Waals surface area contributed by atoms with Crippen LogP contribution in [-0.4, -0.2) is 17.9 Å². The average Bonchev–Trinajstić information content (AvgIpc) is 3.20. The first-order valence-corrected chi connectivity index (χ1v) is 12.5. The van der Waals surface area contributed by atoms with E-state index < -0.39 is 5.54 Å². The largest absolute Gasteiger partial charge is 0.351 e. The highest BCUT2D eigenvalue weighted by Crippen LogP contribution is 2.52. The van der Waals surface area contributed by atoms with Crippen LogP contribution in [0.4, 0.5) is 5.69 Å². The Morgan fingerprint density at radius 1 is 0.853 bits per heavy atom. The summed E-state index contributed by atoms with van der Waals surface area (Å²) < 4.78 is 0. The predicted molar refractivity (Wildman–Crippen MR) is 136 cm³/mol. The number of hydrogen-bond acceptors (Lipinski definition) is 2. The second-order valence-corrected chi connectivity index (χ2v) is 9.75. The van der Waals surface area contributed by atoms with Crippen molar-refractivity contribution >= 4 is 29.1 Å². The van der Waals surface area contributed by atoms with Crippen LogP contribution in [0.15, 0.2) is 84.9 Å². The topological polar surface area (TPSA) is 49.4 Å². The summed E-state index contributed by atoms with van der Waals surface area (Å²) in [4.78, 5) is 30.0. The lowest BCUT2D eigenvalue weighted by Crippen LogP contribution is -2.58. The minimum atomic E-state index is -1.22. The zero-order valence-corrected chi connectivity index (χ0v) is 19.9. The Labute approximate surface area is 205 Å². The summed E-state index contributed by atoms with van der Waals surface area (Å²) in [5, 5.41) is 3.96. The first kappa shape index (κ1) is 22.7. The van der Waals surface area contributed by atoms with Crippen LogP contribution in [0, 0.1) is 0 Å². The van der Waals surface area contributed by atoms with Gasteiger partial charge in [0, 0.05) is 29.1 Å². The van der Waals surface area contributed by atoms with Crippen molar-refractivity contribution in [2.45, 2.75) is 56.0 Å². The van der Waals surface area contributed by atoms with E-state index in [-0.39, 0.29) is 30.2 Å². The Bertz CT molecular complexity index is 1140. The van der Waals surface area contributed by atoms with Gasteiger partial charge < -0.3 is 5.32 Å². The van der Waals surface area contributed by atoms with Gasteiger partial charge in [-0.3, -0.25) is 14.5 Å². The number of nitrogens with zero attached hydrogens (tertiary/aromatic N) is 1. The Morgan fingerprint density at radius 3 is 2.12 bits per heavy atom. The number of carbonyl (C=O) groups is 2. The SMILES string of the molecule is O=C1CC(c2ccccc2)C(C(=O)NC2CCCCC2)(c2ccc(Cl)cc2)N1c1ccccc1. The molecule has 0 bridgehead atoms. The molecule has 3 aromatic rings. The molecule has 2 unspecified atom stereocenters. The number of hydrogen-bond donors (Lipinski definition) is 1. The van der Waals surface area contributed by atoms with Gasteiger partial charge in [-0.05, 0) is 48.2 Å². The highest BCUT2D eigenvalue weighted by molar-refractivity contribution is 6.30. The van der Waals surface area contributed by atoms with Crippen LogP contribution in [0.5, 0.6) is 0 Å². The van der Waals surface area contributed by atoms with Gasteiger partial charge in [0.1, 0.15) is 0 Å². The zero-order valence-electron chi connectivity index (χ0n) is 19.1. The number of rotatable bonds is 5. The van der Waals surface area contributed by atoms with Crippen LogP contribution < -0.4 is 10.2 Å². The van der Waals surface area contributed by atoms with Crippen LogP contribution in [-0.2, 0) is 15.1 Å². The van der Waals surface area contributed by atoms with Crippen LogP contribution in [0.2, 0.25) is 5.02 Å². The summed E-state index contributed by atoms with van der Waals surface area (Å²) in [6.45, 7) is 0. The van der Waals surface area contributed by atoms with Gasteiger partial charge in [0.05, 0.1) is 0 Å². The molecular weight excluding hydrogens is 444 g/mol. The Morgan fingerprint density at radius 2 is 1.47 bits per heavy atom. The highest BCUT2D eigenvalue weighted by Gasteiger charge is 2.60. The normalized spacial score (nSPS) is 23.1. The van der Waals surface area contributed by atoms with Gasteiger partial charge in [-0.25, -0.2) is 0 Å². The van der Waals surface area contributed by atoms with Crippen LogP contribution >= 0.6 is 11.6 Å². The van der Waals surface area contributed by atoms with Gasteiger partial charge >= 0.3 is 0 Å². The molecule has 174 valence electrons. The van der Waals surface area contributed by atoms with E-state index in [0.717, 1.165) is 42.5 Å². The minimum Gasteiger partial charge on any atom is -0.351 e. The van der Waals surface area contributed by atoms with Crippen molar-refractivity contribution in [2.75, 3.05) is 4.90 Å². The smallest absolute Gasteiger partial charge is 0.251 e. The van der Waals surface area contributed by atoms with Crippen molar-refractivity contribution in [3.8, 4) is 0 Å². The standard InChI is InChI=1S/C29H29ClN2O2/c30-23-18-16-22(17-19-23)29(28(34)31-24-12-6-2-7-13-24)26(21-10-4-1-5-11-21)20-27(33)32(29)25-14-8-3-9-15-25/h1,3-5,8-11,14-19,24,26H,2,6-7,12-13,20H2,(H,31,34). The number of carbonyl (C=O) groups excluding carboxylic acids is 2. The fraction of sp³-hybridized carbons (Fsp3) is 0.310. The molecule has 1 aliphatic carbocycles. The average molecular weight is 473 g/mol. The molecule has 4 nitrogen and oxygen atoms in total. The second kappa shape index (κ2) is 9.63. The molecule has 1 N–H and O–H groups in total. The monoisotopic (exact) mass is 472 g/mol. The summed E-state index contributed by atoms with van der Waals surface area (Å²) in [6.07, 6.45) is 5.62. The molecule has 0 aromatic heterocycles. The lowest BCUT2D eigenvalue weighted by molar-refractivity contribution is -0.129. The number of para-hydroxylation sites is 1. The van der Waals surface area contributed by atoms with Gasteiger partial charge in [0.2, 0.25) is 5.91 Å². The van der Waals surface area contributed by atoms with Gasteiger partial charge in [-0.1, -0.05) is 91.5 Å². The van der Waals surface area contributed by atoms with Gasteiger partial charge in [0.15, 0.2) is 5.54 Å². The number of benzene rings is 3. The minimum absolute atomic E-state index is 0.0613. The van der Waals surface area contributed by atoms with E-state index in [4.69, 9.17) is 11.6 Å². The molecule has 1 saturated heterocycles. The van der Waals surface area contributed by atoms with Crippen molar-refractivity contribution in [1.82, 2.24) is 5.32 Å². The lowest BCUT2D eigenvalue weighted by atomic mass is 9.73. The number of halogens is 1. The maximum atomic E-state index is 14.5. The molecule has 2 amide bonds. The van der Waals surface area contributed by atoms with Crippen molar-refractivity contribution in [3.63, 3.8) is 0 Å². The van der Waals surface area contributed by atoms with E-state index in [1.807, 2.05) is 72.8 Å². The first-order chi connectivity index (χ1) is 16.6. The van der Waals surface area contributed by atoms with E-state index in [0.29, 0.717) is 5.02 Å². The molecule has 1 heterocycles. The summed E-state index contributed by atoms with van der Waals surface area (Å²) in [5.74, 6) is -0.523. The van der Waals surface area contributed by atoms with E-state index in [1.165, 1.54) is 6.42 Å². The van der Waals surface area contributed by atoms with Crippen LogP contribution in [0.3, 0.4) is 0 Å². The molecule has 1 aliphatic heterocycles. The maximum Gasteiger partial charge on any atom is 0.251 e. The molecule has 34 heavy (non-hydrogen) atoms. The van der Waals surface area contributed by atoms with Crippen LogP contribution in [0.1, 0.15) is 55.6 Å². The van der Waals surface area contributed by atoms with Crippen molar-refractivity contribution in [1.29, 1.82) is 0 Å². The van der Waals surface area contributed by atoms with Crippen molar-refractivity contribution in [2.24, 2.45) is 0 Å². The number of anilines is 1. The van der Waals surface area contributed by atoms with E-state index in [1.54, 1.807) is 17.0 Å². The van der Waals surface area contributed by atoms with Crippen LogP contribution in [0.25, 0.3) is 0 Å². The quantitative estimate of drug-likeness (QED) is 0.480. The number of amides is 2. The van der Waals surface area contributed by atoms with Gasteiger partial charge in [-0.15, -0.1) is 0 Å². The second-order valence-electron chi connectivity index (χ2n) is 9.31. The van der Waals surface area contributed by atoms with E-state index >= 15 is 0 Å². The zero-order chi connectivity index (χ0) is 23.5. The van der Waals surface area contributed by atoms with Crippen molar-refractivity contribution in [3.05, 3.63) is 101 Å². The molecule has 0 radical (unpaired) electrons. The first-order valence-electron chi connectivity index (χ1n) is 12.1. The third-order valence-corrected chi connectivity index (χ3v) is 7.52. The summed E-state index contributed by atoms with van der Waals surface area (Å²) >= 11 is 6.25. The predicted octanol–water partition coefficient (Wildman–Crippen LogP) is 6.20. The lowest BCUT2D eigenvalue weighted by Gasteiger charge is -2.42. The van der Waals surface area contributed by atoms with Crippen molar-refractivity contribution < 1.29 is 9.59 Å². The molecule has 2 fully saturated rings. The molecule has 5 heteroatoms. The third-order valence-electron chi connectivity index (χ3n) is 7.27. The third kappa shape index (κ3) is 4.01. The molecule has 1 saturated carbocycles. The van der Waals surface area contributed by atoms with E-state index in [2.05, 4.69) is 5.32 Å². The Hall–Kier alpha value is -3.11. The highest BCUT2D eigenvalue weighted by atomic mass is 35.5. The number of nitrogens with one attached hydrogen (secondary N) is 1. The molecule has 3 aromatic carbocycles. The fourth-order valence-corrected chi connectivity index (χ4v) is 5.83. The molecule has 5 rings (SSSR count). The Kier molecular flexibility index (Phi) is 6.42. The molecule has 2 aliphatic rings. The van der Waals surface area contributed by atoms with Gasteiger partial charge in [-0.2, -0.15) is 0 Å². The summed E-state index contributed by atoms with van der Waals surface area (Å²) in [5.41, 5.74) is 1.25.